The lowest BCUT2D eigenvalue weighted by molar-refractivity contribution is 0.0939. The van der Waals surface area contributed by atoms with E-state index in [0.717, 1.165) is 0 Å². The number of amides is 1. The number of carbonyl (C=O) groups is 1. The zero-order valence-electron chi connectivity index (χ0n) is 10.5. The van der Waals surface area contributed by atoms with E-state index < -0.39 is 22.5 Å². The quantitative estimate of drug-likeness (QED) is 0.831. The number of hydrogen-bond donors (Lipinski definition) is 2. The molecule has 2 unspecified atom stereocenters. The first kappa shape index (κ1) is 14.6. The topological polar surface area (TPSA) is 71.1 Å². The number of nitrogens with one attached hydrogen (secondary N) is 2. The number of hydrogen-bond acceptors (Lipinski definition) is 4. The summed E-state index contributed by atoms with van der Waals surface area (Å²) in [5.74, 6) is -0.877. The van der Waals surface area contributed by atoms with Gasteiger partial charge >= 0.3 is 0 Å². The summed E-state index contributed by atoms with van der Waals surface area (Å²) in [6, 6.07) is 1.02. The van der Waals surface area contributed by atoms with Crippen LogP contribution in [0.5, 0.6) is 0 Å². The van der Waals surface area contributed by atoms with Crippen LogP contribution in [0.2, 0.25) is 0 Å². The van der Waals surface area contributed by atoms with Gasteiger partial charge in [-0.15, -0.1) is 0 Å². The zero-order valence-corrected chi connectivity index (χ0v) is 11.3. The molecule has 100 valence electrons. The molecule has 18 heavy (non-hydrogen) atoms. The highest BCUT2D eigenvalue weighted by molar-refractivity contribution is 7.84. The van der Waals surface area contributed by atoms with Crippen molar-refractivity contribution >= 4 is 22.5 Å². The second-order valence-corrected chi connectivity index (χ2v) is 5.37. The van der Waals surface area contributed by atoms with Crippen LogP contribution in [-0.2, 0) is 10.8 Å². The third kappa shape index (κ3) is 3.76. The van der Waals surface area contributed by atoms with Gasteiger partial charge in [-0.3, -0.25) is 9.00 Å². The fourth-order valence-electron chi connectivity index (χ4n) is 1.49. The number of carbonyl (C=O) groups excluding carboxylic acids is 1. The second-order valence-electron chi connectivity index (χ2n) is 3.89. The van der Waals surface area contributed by atoms with Crippen molar-refractivity contribution in [1.29, 1.82) is 0 Å². The Bertz CT molecular complexity index is 468. The van der Waals surface area contributed by atoms with Gasteiger partial charge in [0.05, 0.1) is 5.56 Å². The maximum absolute atomic E-state index is 13.8. The van der Waals surface area contributed by atoms with Crippen molar-refractivity contribution in [2.75, 3.05) is 24.4 Å². The highest BCUT2D eigenvalue weighted by atomic mass is 32.2. The summed E-state index contributed by atoms with van der Waals surface area (Å²) >= 11 is 0. The molecule has 7 heteroatoms. The van der Waals surface area contributed by atoms with E-state index in [-0.39, 0.29) is 17.4 Å². The zero-order chi connectivity index (χ0) is 13.7. The largest absolute Gasteiger partial charge is 0.371 e. The van der Waals surface area contributed by atoms with Gasteiger partial charge < -0.3 is 10.6 Å². The molecule has 2 atom stereocenters. The maximum atomic E-state index is 13.8. The number of nitrogens with zero attached hydrogens (tertiary/aromatic N) is 1. The molecule has 1 rings (SSSR count). The second kappa shape index (κ2) is 6.44. The van der Waals surface area contributed by atoms with E-state index in [1.54, 1.807) is 13.2 Å². The Labute approximate surface area is 108 Å². The molecule has 5 nitrogen and oxygen atoms in total. The van der Waals surface area contributed by atoms with E-state index in [9.17, 15) is 13.4 Å². The lowest BCUT2D eigenvalue weighted by atomic mass is 10.2. The Morgan fingerprint density at radius 1 is 1.61 bits per heavy atom. The van der Waals surface area contributed by atoms with Crippen LogP contribution in [0.3, 0.4) is 0 Å². The van der Waals surface area contributed by atoms with Gasteiger partial charge in [0, 0.05) is 42.1 Å². The molecule has 0 radical (unpaired) electrons. The average molecular weight is 273 g/mol. The van der Waals surface area contributed by atoms with Gasteiger partial charge in [0.15, 0.2) is 11.6 Å². The predicted octanol–water partition coefficient (Wildman–Crippen LogP) is 0.759. The number of anilines is 1. The Morgan fingerprint density at radius 3 is 2.83 bits per heavy atom. The van der Waals surface area contributed by atoms with E-state index >= 15 is 0 Å². The van der Waals surface area contributed by atoms with Crippen LogP contribution in [0.1, 0.15) is 17.3 Å². The molecule has 0 spiro atoms. The van der Waals surface area contributed by atoms with E-state index in [4.69, 9.17) is 0 Å². The minimum Gasteiger partial charge on any atom is -0.371 e. The third-order valence-corrected chi connectivity index (χ3v) is 3.20. The van der Waals surface area contributed by atoms with Crippen molar-refractivity contribution in [3.63, 3.8) is 0 Å². The van der Waals surface area contributed by atoms with E-state index in [1.165, 1.54) is 19.3 Å². The summed E-state index contributed by atoms with van der Waals surface area (Å²) < 4.78 is 24.8. The smallest absolute Gasteiger partial charge is 0.254 e. The summed E-state index contributed by atoms with van der Waals surface area (Å²) in [5, 5.41) is 5.15. The standard InChI is InChI=1S/C11H16FN3O2S/c1-7(6-18(3)17)15-11(16)8-4-5-14-10(13-2)9(8)12/h4-5,7H,6H2,1-3H3,(H,13,14)(H,15,16). The van der Waals surface area contributed by atoms with Crippen LogP contribution in [-0.4, -0.2) is 40.2 Å². The van der Waals surface area contributed by atoms with Gasteiger partial charge in [-0.2, -0.15) is 0 Å². The molecule has 0 aromatic carbocycles. The first-order valence-corrected chi connectivity index (χ1v) is 7.11. The molecule has 1 aromatic rings. The van der Waals surface area contributed by atoms with Gasteiger partial charge in [-0.1, -0.05) is 0 Å². The van der Waals surface area contributed by atoms with Crippen LogP contribution >= 0.6 is 0 Å². The molecule has 1 aromatic heterocycles. The van der Waals surface area contributed by atoms with Crippen molar-refractivity contribution in [3.8, 4) is 0 Å². The van der Waals surface area contributed by atoms with E-state index in [0.29, 0.717) is 5.75 Å². The minimum absolute atomic E-state index is 0.0226. The van der Waals surface area contributed by atoms with Crippen molar-refractivity contribution in [3.05, 3.63) is 23.6 Å². The van der Waals surface area contributed by atoms with E-state index in [2.05, 4.69) is 15.6 Å². The molecule has 0 aliphatic carbocycles. The fraction of sp³-hybridized carbons (Fsp3) is 0.455. The predicted molar refractivity (Wildman–Crippen MR) is 69.6 cm³/mol. The highest BCUT2D eigenvalue weighted by Gasteiger charge is 2.17. The Kier molecular flexibility index (Phi) is 5.21. The van der Waals surface area contributed by atoms with Gasteiger partial charge in [0.2, 0.25) is 0 Å². The normalized spacial score (nSPS) is 13.8. The summed E-state index contributed by atoms with van der Waals surface area (Å²) in [7, 11) is 0.511. The molecule has 2 N–H and O–H groups in total. The van der Waals surface area contributed by atoms with E-state index in [1.807, 2.05) is 0 Å². The van der Waals surface area contributed by atoms with Crippen LogP contribution in [0.15, 0.2) is 12.3 Å². The van der Waals surface area contributed by atoms with Gasteiger partial charge in [0.25, 0.3) is 5.91 Å². The van der Waals surface area contributed by atoms with Crippen LogP contribution in [0.25, 0.3) is 0 Å². The third-order valence-electron chi connectivity index (χ3n) is 2.23. The number of pyridine rings is 1. The molecule has 1 amide bonds. The van der Waals surface area contributed by atoms with Crippen molar-refractivity contribution in [2.45, 2.75) is 13.0 Å². The maximum Gasteiger partial charge on any atom is 0.254 e. The number of aromatic nitrogens is 1. The van der Waals surface area contributed by atoms with Crippen molar-refractivity contribution in [2.24, 2.45) is 0 Å². The van der Waals surface area contributed by atoms with Crippen molar-refractivity contribution in [1.82, 2.24) is 10.3 Å². The molecule has 0 bridgehead atoms. The Balaban J connectivity index is 2.81. The summed E-state index contributed by atoms with van der Waals surface area (Å²) in [5.41, 5.74) is -0.0805. The van der Waals surface area contributed by atoms with Crippen LogP contribution in [0, 0.1) is 5.82 Å². The Morgan fingerprint density at radius 2 is 2.28 bits per heavy atom. The van der Waals surface area contributed by atoms with Gasteiger partial charge in [0.1, 0.15) is 0 Å². The monoisotopic (exact) mass is 273 g/mol. The highest BCUT2D eigenvalue weighted by Crippen LogP contribution is 2.14. The molecule has 0 fully saturated rings. The van der Waals surface area contributed by atoms with Crippen LogP contribution in [0.4, 0.5) is 10.2 Å². The van der Waals surface area contributed by atoms with Gasteiger partial charge in [-0.25, -0.2) is 9.37 Å². The van der Waals surface area contributed by atoms with Crippen molar-refractivity contribution < 1.29 is 13.4 Å². The molecular formula is C11H16FN3O2S. The molecule has 0 aliphatic rings. The lowest BCUT2D eigenvalue weighted by Gasteiger charge is -2.13. The first-order chi connectivity index (χ1) is 8.45. The summed E-state index contributed by atoms with van der Waals surface area (Å²) in [6.45, 7) is 1.72. The fourth-order valence-corrected chi connectivity index (χ4v) is 2.28. The summed E-state index contributed by atoms with van der Waals surface area (Å²) in [6.07, 6.45) is 2.90. The molecule has 0 saturated heterocycles. The number of halogens is 1. The first-order valence-electron chi connectivity index (χ1n) is 5.38. The molecular weight excluding hydrogens is 257 g/mol. The number of rotatable bonds is 5. The SMILES string of the molecule is CNc1nccc(C(=O)NC(C)CS(C)=O)c1F. The lowest BCUT2D eigenvalue weighted by Crippen LogP contribution is -2.36. The minimum atomic E-state index is -1.01. The molecule has 0 aliphatic heterocycles. The molecule has 1 heterocycles. The summed E-state index contributed by atoms with van der Waals surface area (Å²) in [4.78, 5) is 15.6. The Hall–Kier alpha value is -1.50. The average Bonchev–Trinajstić information content (AvgIpc) is 2.27. The van der Waals surface area contributed by atoms with Crippen LogP contribution < -0.4 is 10.6 Å². The molecule has 0 saturated carbocycles. The van der Waals surface area contributed by atoms with Gasteiger partial charge in [-0.05, 0) is 13.0 Å².